The highest BCUT2D eigenvalue weighted by atomic mass is 35.5. The number of carbonyl (C=O) groups is 1. The second-order valence-electron chi connectivity index (χ2n) is 6.48. The van der Waals surface area contributed by atoms with E-state index in [1.807, 2.05) is 0 Å². The molecular formula is C20H17ClN2O5S. The van der Waals surface area contributed by atoms with Crippen molar-refractivity contribution in [3.05, 3.63) is 77.2 Å². The van der Waals surface area contributed by atoms with E-state index in [0.717, 1.165) is 5.56 Å². The third kappa shape index (κ3) is 4.45. The molecule has 0 unspecified atom stereocenters. The van der Waals surface area contributed by atoms with Crippen molar-refractivity contribution < 1.29 is 22.4 Å². The first-order valence-corrected chi connectivity index (χ1v) is 10.6. The van der Waals surface area contributed by atoms with E-state index < -0.39 is 16.1 Å². The smallest absolute Gasteiger partial charge is 0.265 e. The van der Waals surface area contributed by atoms with E-state index in [9.17, 15) is 13.2 Å². The number of sulfonamides is 1. The van der Waals surface area contributed by atoms with Crippen LogP contribution in [0.1, 0.15) is 11.3 Å². The summed E-state index contributed by atoms with van der Waals surface area (Å²) in [5.74, 6) is 0.750. The number of carbonyl (C=O) groups excluding carboxylic acids is 1. The summed E-state index contributed by atoms with van der Waals surface area (Å²) in [6.45, 7) is 0.0304. The van der Waals surface area contributed by atoms with Crippen LogP contribution >= 0.6 is 11.6 Å². The van der Waals surface area contributed by atoms with Crippen LogP contribution in [0.15, 0.2) is 70.2 Å². The lowest BCUT2D eigenvalue weighted by atomic mass is 10.1. The molecule has 2 heterocycles. The Morgan fingerprint density at radius 1 is 1.14 bits per heavy atom. The van der Waals surface area contributed by atoms with Crippen LogP contribution in [-0.4, -0.2) is 20.4 Å². The highest BCUT2D eigenvalue weighted by molar-refractivity contribution is 7.89. The van der Waals surface area contributed by atoms with Crippen LogP contribution in [0.25, 0.3) is 0 Å². The Hall–Kier alpha value is -2.81. The van der Waals surface area contributed by atoms with Gasteiger partial charge in [0.2, 0.25) is 10.0 Å². The lowest BCUT2D eigenvalue weighted by molar-refractivity contribution is -0.122. The lowest BCUT2D eigenvalue weighted by Crippen LogP contribution is -2.31. The number of nitrogens with one attached hydrogen (secondary N) is 2. The number of halogens is 1. The Kier molecular flexibility index (Phi) is 5.31. The minimum absolute atomic E-state index is 0.0304. The van der Waals surface area contributed by atoms with Crippen LogP contribution < -0.4 is 14.8 Å². The van der Waals surface area contributed by atoms with E-state index in [1.165, 1.54) is 18.4 Å². The van der Waals surface area contributed by atoms with E-state index >= 15 is 0 Å². The minimum Gasteiger partial charge on any atom is -0.480 e. The lowest BCUT2D eigenvalue weighted by Gasteiger charge is -2.12. The molecule has 1 aliphatic heterocycles. The summed E-state index contributed by atoms with van der Waals surface area (Å²) in [5, 5.41) is 3.29. The normalized spacial score (nSPS) is 15.6. The molecule has 0 saturated heterocycles. The summed E-state index contributed by atoms with van der Waals surface area (Å²) in [6, 6.07) is 14.5. The van der Waals surface area contributed by atoms with Crippen LogP contribution in [0.4, 0.5) is 5.69 Å². The van der Waals surface area contributed by atoms with E-state index in [0.29, 0.717) is 28.6 Å². The number of rotatable bonds is 6. The van der Waals surface area contributed by atoms with Gasteiger partial charge in [0.05, 0.1) is 17.7 Å². The predicted molar refractivity (Wildman–Crippen MR) is 107 cm³/mol. The van der Waals surface area contributed by atoms with Crippen molar-refractivity contribution in [1.82, 2.24) is 4.72 Å². The Balaban J connectivity index is 1.43. The summed E-state index contributed by atoms with van der Waals surface area (Å²) in [6.07, 6.45) is 1.16. The van der Waals surface area contributed by atoms with Gasteiger partial charge in [0.1, 0.15) is 11.5 Å². The monoisotopic (exact) mass is 432 g/mol. The van der Waals surface area contributed by atoms with Gasteiger partial charge in [-0.3, -0.25) is 4.79 Å². The Morgan fingerprint density at radius 2 is 2.00 bits per heavy atom. The van der Waals surface area contributed by atoms with Crippen molar-refractivity contribution in [2.75, 3.05) is 5.32 Å². The van der Waals surface area contributed by atoms with Crippen molar-refractivity contribution in [1.29, 1.82) is 0 Å². The zero-order chi connectivity index (χ0) is 20.4. The number of hydrogen-bond acceptors (Lipinski definition) is 5. The van der Waals surface area contributed by atoms with Gasteiger partial charge in [0.15, 0.2) is 6.10 Å². The van der Waals surface area contributed by atoms with E-state index in [1.54, 1.807) is 42.5 Å². The zero-order valence-corrected chi connectivity index (χ0v) is 16.7. The number of furan rings is 1. The van der Waals surface area contributed by atoms with Crippen molar-refractivity contribution >= 4 is 33.2 Å². The second kappa shape index (κ2) is 7.90. The molecule has 0 saturated carbocycles. The first-order valence-electron chi connectivity index (χ1n) is 8.79. The van der Waals surface area contributed by atoms with E-state index in [-0.39, 0.29) is 17.3 Å². The van der Waals surface area contributed by atoms with Crippen molar-refractivity contribution in [3.63, 3.8) is 0 Å². The standard InChI is InChI=1S/C20H17ClN2O5S/c21-14-6-7-18-13(9-14)10-19(28-18)20(24)23-15-3-1-5-17(11-15)29(25,26)22-12-16-4-2-8-27-16/h1-9,11,19,22H,10,12H2,(H,23,24)/t19-/m1/s1. The van der Waals surface area contributed by atoms with Crippen molar-refractivity contribution in [2.24, 2.45) is 0 Å². The third-order valence-corrected chi connectivity index (χ3v) is 6.05. The fourth-order valence-corrected chi connectivity index (χ4v) is 4.22. The number of ether oxygens (including phenoxy) is 1. The molecule has 3 aromatic rings. The van der Waals surface area contributed by atoms with Gasteiger partial charge in [-0.25, -0.2) is 13.1 Å². The number of hydrogen-bond donors (Lipinski definition) is 2. The second-order valence-corrected chi connectivity index (χ2v) is 8.69. The molecule has 0 spiro atoms. The van der Waals surface area contributed by atoms with Crippen molar-refractivity contribution in [2.45, 2.75) is 24.0 Å². The van der Waals surface area contributed by atoms with Gasteiger partial charge in [-0.05, 0) is 54.1 Å². The quantitative estimate of drug-likeness (QED) is 0.622. The molecule has 2 N–H and O–H groups in total. The van der Waals surface area contributed by atoms with Gasteiger partial charge in [0.25, 0.3) is 5.91 Å². The molecule has 7 nitrogen and oxygen atoms in total. The van der Waals surface area contributed by atoms with Gasteiger partial charge in [0, 0.05) is 17.1 Å². The molecule has 0 fully saturated rings. The van der Waals surface area contributed by atoms with Gasteiger partial charge < -0.3 is 14.5 Å². The molecule has 0 radical (unpaired) electrons. The maximum absolute atomic E-state index is 12.6. The van der Waals surface area contributed by atoms with Crippen LogP contribution in [-0.2, 0) is 27.8 Å². The number of amides is 1. The maximum atomic E-state index is 12.6. The maximum Gasteiger partial charge on any atom is 0.265 e. The fourth-order valence-electron chi connectivity index (χ4n) is 2.99. The summed E-state index contributed by atoms with van der Waals surface area (Å²) >= 11 is 5.97. The van der Waals surface area contributed by atoms with Crippen LogP contribution in [0.3, 0.4) is 0 Å². The summed E-state index contributed by atoms with van der Waals surface area (Å²) in [7, 11) is -3.77. The molecular weight excluding hydrogens is 416 g/mol. The summed E-state index contributed by atoms with van der Waals surface area (Å²) in [5.41, 5.74) is 1.21. The molecule has 1 aliphatic rings. The van der Waals surface area contributed by atoms with E-state index in [2.05, 4.69) is 10.0 Å². The SMILES string of the molecule is O=C(Nc1cccc(S(=O)(=O)NCc2ccco2)c1)[C@H]1Cc2cc(Cl)ccc2O1. The summed E-state index contributed by atoms with van der Waals surface area (Å²) < 4.78 is 38.2. The highest BCUT2D eigenvalue weighted by Gasteiger charge is 2.29. The molecule has 9 heteroatoms. The van der Waals surface area contributed by atoms with Gasteiger partial charge in [-0.15, -0.1) is 0 Å². The third-order valence-electron chi connectivity index (χ3n) is 4.42. The molecule has 29 heavy (non-hydrogen) atoms. The van der Waals surface area contributed by atoms with Crippen LogP contribution in [0, 0.1) is 0 Å². The summed E-state index contributed by atoms with van der Waals surface area (Å²) in [4.78, 5) is 12.6. The molecule has 0 bridgehead atoms. The Morgan fingerprint density at radius 3 is 2.79 bits per heavy atom. The first kappa shape index (κ1) is 19.5. The largest absolute Gasteiger partial charge is 0.480 e. The van der Waals surface area contributed by atoms with Gasteiger partial charge >= 0.3 is 0 Å². The zero-order valence-electron chi connectivity index (χ0n) is 15.1. The average molecular weight is 433 g/mol. The number of fused-ring (bicyclic) bond motifs is 1. The highest BCUT2D eigenvalue weighted by Crippen LogP contribution is 2.31. The number of benzene rings is 2. The Bertz CT molecular complexity index is 1150. The topological polar surface area (TPSA) is 97.6 Å². The molecule has 1 amide bonds. The first-order chi connectivity index (χ1) is 13.9. The van der Waals surface area contributed by atoms with Crippen LogP contribution in [0.5, 0.6) is 5.75 Å². The van der Waals surface area contributed by atoms with Gasteiger partial charge in [-0.2, -0.15) is 0 Å². The molecule has 1 aromatic heterocycles. The molecule has 2 aromatic carbocycles. The molecule has 4 rings (SSSR count). The molecule has 1 atom stereocenters. The Labute approximate surface area is 172 Å². The van der Waals surface area contributed by atoms with Gasteiger partial charge in [-0.1, -0.05) is 17.7 Å². The predicted octanol–water partition coefficient (Wildman–Crippen LogP) is 3.35. The molecule has 150 valence electrons. The average Bonchev–Trinajstić information content (AvgIpc) is 3.36. The fraction of sp³-hybridized carbons (Fsp3) is 0.150. The minimum atomic E-state index is -3.77. The van der Waals surface area contributed by atoms with E-state index in [4.69, 9.17) is 20.8 Å². The molecule has 0 aliphatic carbocycles. The van der Waals surface area contributed by atoms with Crippen molar-refractivity contribution in [3.8, 4) is 5.75 Å². The number of anilines is 1. The van der Waals surface area contributed by atoms with Crippen LogP contribution in [0.2, 0.25) is 5.02 Å².